The second-order valence-corrected chi connectivity index (χ2v) is 10.7. The Balaban J connectivity index is 1.69. The molecule has 26 heavy (non-hydrogen) atoms. The summed E-state index contributed by atoms with van der Waals surface area (Å²) in [7, 11) is -1.08. The third kappa shape index (κ3) is 4.48. The highest BCUT2D eigenvalue weighted by atomic mass is 32.2. The van der Waals surface area contributed by atoms with Gasteiger partial charge in [-0.1, -0.05) is 60.7 Å². The molecule has 0 N–H and O–H groups in total. The van der Waals surface area contributed by atoms with Crippen LogP contribution in [0.25, 0.3) is 0 Å². The molecule has 2 unspecified atom stereocenters. The van der Waals surface area contributed by atoms with Crippen molar-refractivity contribution in [2.75, 3.05) is 19.5 Å². The summed E-state index contributed by atoms with van der Waals surface area (Å²) in [4.78, 5) is 11.2. The molecule has 1 aliphatic rings. The first-order valence-electron chi connectivity index (χ1n) is 8.38. The number of ether oxygens (including phenoxy) is 3. The minimum Gasteiger partial charge on any atom is -0.438 e. The van der Waals surface area contributed by atoms with Gasteiger partial charge in [-0.25, -0.2) is 4.79 Å². The summed E-state index contributed by atoms with van der Waals surface area (Å²) in [5.74, 6) is 0.568. The third-order valence-corrected chi connectivity index (χ3v) is 8.97. The number of thioether (sulfide) groups is 1. The molecule has 1 saturated heterocycles. The van der Waals surface area contributed by atoms with Crippen molar-refractivity contribution in [3.8, 4) is 0 Å². The predicted octanol–water partition coefficient (Wildman–Crippen LogP) is 2.59. The highest BCUT2D eigenvalue weighted by molar-refractivity contribution is 8.00. The van der Waals surface area contributed by atoms with Crippen LogP contribution < -0.4 is 10.4 Å². The van der Waals surface area contributed by atoms with Crippen molar-refractivity contribution < 1.29 is 23.4 Å². The molecular formula is C19H22O5SSi. The van der Waals surface area contributed by atoms with Crippen molar-refractivity contribution in [1.29, 1.82) is 0 Å². The van der Waals surface area contributed by atoms with Crippen LogP contribution in [-0.4, -0.2) is 45.7 Å². The van der Waals surface area contributed by atoms with Crippen molar-refractivity contribution in [2.24, 2.45) is 0 Å². The highest BCUT2D eigenvalue weighted by Gasteiger charge is 2.37. The van der Waals surface area contributed by atoms with Crippen LogP contribution in [0.3, 0.4) is 0 Å². The smallest absolute Gasteiger partial charge is 0.438 e. The van der Waals surface area contributed by atoms with E-state index in [1.165, 1.54) is 17.5 Å². The van der Waals surface area contributed by atoms with Crippen LogP contribution in [0.15, 0.2) is 60.7 Å². The lowest BCUT2D eigenvalue weighted by molar-refractivity contribution is -0.109. The van der Waals surface area contributed by atoms with E-state index < -0.39 is 20.8 Å². The molecule has 1 aliphatic heterocycles. The Labute approximate surface area is 158 Å². The zero-order valence-corrected chi connectivity index (χ0v) is 16.6. The molecule has 2 atom stereocenters. The first-order valence-corrected chi connectivity index (χ1v) is 11.8. The zero-order chi connectivity index (χ0) is 18.4. The number of benzene rings is 2. The van der Waals surface area contributed by atoms with Crippen LogP contribution in [0.2, 0.25) is 6.55 Å². The molecule has 3 rings (SSSR count). The van der Waals surface area contributed by atoms with Crippen molar-refractivity contribution in [2.45, 2.75) is 18.3 Å². The average Bonchev–Trinajstić information content (AvgIpc) is 3.14. The number of hydrogen-bond donors (Lipinski definition) is 0. The molecule has 0 bridgehead atoms. The summed E-state index contributed by atoms with van der Waals surface area (Å²) in [6.07, 6.45) is -1.33. The summed E-state index contributed by atoms with van der Waals surface area (Å²) in [6, 6.07) is 20.6. The van der Waals surface area contributed by atoms with E-state index in [9.17, 15) is 4.79 Å². The van der Waals surface area contributed by atoms with E-state index in [2.05, 4.69) is 35.5 Å². The Morgan fingerprint density at radius 3 is 2.23 bits per heavy atom. The SMILES string of the molecule is COC(=O)OC1CSC(CO[Si](C)(c2ccccc2)c2ccccc2)O1. The summed E-state index contributed by atoms with van der Waals surface area (Å²) >= 11 is 1.58. The highest BCUT2D eigenvalue weighted by Crippen LogP contribution is 2.27. The van der Waals surface area contributed by atoms with E-state index in [-0.39, 0.29) is 5.44 Å². The lowest BCUT2D eigenvalue weighted by Crippen LogP contribution is -2.59. The fraction of sp³-hybridized carbons (Fsp3) is 0.316. The van der Waals surface area contributed by atoms with Gasteiger partial charge in [-0.2, -0.15) is 0 Å². The van der Waals surface area contributed by atoms with E-state index in [1.807, 2.05) is 36.4 Å². The van der Waals surface area contributed by atoms with E-state index in [4.69, 9.17) is 13.9 Å². The van der Waals surface area contributed by atoms with Crippen LogP contribution in [0.4, 0.5) is 4.79 Å². The monoisotopic (exact) mass is 390 g/mol. The Morgan fingerprint density at radius 1 is 1.12 bits per heavy atom. The fourth-order valence-corrected chi connectivity index (χ4v) is 6.63. The molecular weight excluding hydrogens is 368 g/mol. The normalized spacial score (nSPS) is 19.9. The van der Waals surface area contributed by atoms with Gasteiger partial charge in [0.1, 0.15) is 5.44 Å². The number of rotatable bonds is 6. The molecule has 7 heteroatoms. The summed E-state index contributed by atoms with van der Waals surface area (Å²) < 4.78 is 21.8. The molecule has 2 aromatic carbocycles. The van der Waals surface area contributed by atoms with Gasteiger partial charge < -0.3 is 18.6 Å². The molecule has 1 heterocycles. The van der Waals surface area contributed by atoms with Gasteiger partial charge in [0.25, 0.3) is 8.32 Å². The van der Waals surface area contributed by atoms with E-state index in [0.717, 1.165) is 0 Å². The van der Waals surface area contributed by atoms with Gasteiger partial charge >= 0.3 is 6.16 Å². The summed E-state index contributed by atoms with van der Waals surface area (Å²) in [5, 5.41) is 2.41. The van der Waals surface area contributed by atoms with Crippen LogP contribution in [0.1, 0.15) is 0 Å². The largest absolute Gasteiger partial charge is 0.510 e. The standard InChI is InChI=1S/C19H22O5SSi/c1-21-19(20)24-17-14-25-18(23-17)13-22-26(2,15-9-5-3-6-10-15)16-11-7-4-8-12-16/h3-12,17-18H,13-14H2,1-2H3. The first-order chi connectivity index (χ1) is 12.6. The molecule has 1 fully saturated rings. The van der Waals surface area contributed by atoms with Gasteiger partial charge in [0.2, 0.25) is 6.29 Å². The van der Waals surface area contributed by atoms with Crippen molar-refractivity contribution >= 4 is 36.6 Å². The second kappa shape index (κ2) is 8.72. The van der Waals surface area contributed by atoms with Crippen LogP contribution in [0.5, 0.6) is 0 Å². The molecule has 0 radical (unpaired) electrons. The van der Waals surface area contributed by atoms with Gasteiger partial charge in [-0.3, -0.25) is 0 Å². The van der Waals surface area contributed by atoms with Crippen molar-refractivity contribution in [3.63, 3.8) is 0 Å². The average molecular weight is 391 g/mol. The van der Waals surface area contributed by atoms with Crippen molar-refractivity contribution in [1.82, 2.24) is 0 Å². The Kier molecular flexibility index (Phi) is 6.37. The molecule has 0 amide bonds. The number of carbonyl (C=O) groups is 1. The van der Waals surface area contributed by atoms with Gasteiger partial charge in [0, 0.05) is 0 Å². The van der Waals surface area contributed by atoms with Gasteiger partial charge in [0.15, 0.2) is 0 Å². The Hall–Kier alpha value is -1.80. The van der Waals surface area contributed by atoms with E-state index in [1.54, 1.807) is 11.8 Å². The fourth-order valence-electron chi connectivity index (χ4n) is 2.82. The van der Waals surface area contributed by atoms with Crippen LogP contribution in [0, 0.1) is 0 Å². The Morgan fingerprint density at radius 2 is 1.69 bits per heavy atom. The van der Waals surface area contributed by atoms with Gasteiger partial charge in [0.05, 0.1) is 19.5 Å². The lowest BCUT2D eigenvalue weighted by Gasteiger charge is -2.29. The second-order valence-electron chi connectivity index (χ2n) is 5.98. The molecule has 2 aromatic rings. The molecule has 0 aliphatic carbocycles. The zero-order valence-electron chi connectivity index (χ0n) is 14.8. The topological polar surface area (TPSA) is 54.0 Å². The maximum Gasteiger partial charge on any atom is 0.510 e. The molecule has 0 aromatic heterocycles. The molecule has 5 nitrogen and oxygen atoms in total. The van der Waals surface area contributed by atoms with Crippen LogP contribution in [-0.2, 0) is 18.6 Å². The summed E-state index contributed by atoms with van der Waals surface area (Å²) in [6.45, 7) is 2.62. The van der Waals surface area contributed by atoms with E-state index >= 15 is 0 Å². The maximum atomic E-state index is 11.2. The molecule has 138 valence electrons. The number of carbonyl (C=O) groups excluding carboxylic acids is 1. The number of methoxy groups -OCH3 is 1. The Bertz CT molecular complexity index is 673. The molecule has 0 spiro atoms. The maximum absolute atomic E-state index is 11.2. The summed E-state index contributed by atoms with van der Waals surface area (Å²) in [5.41, 5.74) is -0.177. The number of hydrogen-bond acceptors (Lipinski definition) is 6. The van der Waals surface area contributed by atoms with Crippen LogP contribution >= 0.6 is 11.8 Å². The van der Waals surface area contributed by atoms with Gasteiger partial charge in [-0.05, 0) is 16.9 Å². The predicted molar refractivity (Wildman–Crippen MR) is 104 cm³/mol. The quantitative estimate of drug-likeness (QED) is 0.558. The van der Waals surface area contributed by atoms with E-state index in [0.29, 0.717) is 12.4 Å². The van der Waals surface area contributed by atoms with Crippen molar-refractivity contribution in [3.05, 3.63) is 60.7 Å². The first kappa shape index (κ1) is 19.0. The minimum atomic E-state index is -2.36. The lowest BCUT2D eigenvalue weighted by atomic mass is 10.4. The third-order valence-electron chi connectivity index (χ3n) is 4.27. The molecule has 0 saturated carbocycles. The van der Waals surface area contributed by atoms with Gasteiger partial charge in [-0.15, -0.1) is 11.8 Å². The minimum absolute atomic E-state index is 0.177.